The van der Waals surface area contributed by atoms with Crippen molar-refractivity contribution in [3.8, 4) is 11.5 Å². The second-order valence-corrected chi connectivity index (χ2v) is 3.94. The van der Waals surface area contributed by atoms with Crippen molar-refractivity contribution in [2.75, 3.05) is 0 Å². The maximum Gasteiger partial charge on any atom is 0.261 e. The lowest BCUT2D eigenvalue weighted by molar-refractivity contribution is 0.229. The van der Waals surface area contributed by atoms with Crippen molar-refractivity contribution in [3.63, 3.8) is 0 Å². The van der Waals surface area contributed by atoms with E-state index in [1.165, 1.54) is 0 Å². The van der Waals surface area contributed by atoms with Crippen LogP contribution in [0.2, 0.25) is 0 Å². The van der Waals surface area contributed by atoms with Gasteiger partial charge in [-0.15, -0.1) is 0 Å². The van der Waals surface area contributed by atoms with Gasteiger partial charge >= 0.3 is 0 Å². The van der Waals surface area contributed by atoms with Gasteiger partial charge in [-0.25, -0.2) is 0 Å². The first kappa shape index (κ1) is 8.67. The molecule has 1 saturated carbocycles. The first-order valence-electron chi connectivity index (χ1n) is 4.94. The molecular weight excluding hydrogens is 194 g/mol. The topological polar surface area (TPSA) is 78.1 Å². The smallest absolute Gasteiger partial charge is 0.261 e. The van der Waals surface area contributed by atoms with Gasteiger partial charge in [0, 0.05) is 0 Å². The Balaban J connectivity index is 1.94. The minimum Gasteiger partial charge on any atom is -0.472 e. The summed E-state index contributed by atoms with van der Waals surface area (Å²) in [5, 5.41) is 3.91. The van der Waals surface area contributed by atoms with Gasteiger partial charge in [0.05, 0.1) is 17.4 Å². The predicted octanol–water partition coefficient (Wildman–Crippen LogP) is 1.67. The standard InChI is InChI=1S/C10H11N3O2/c11-10(3-1-4-10)9-12-8(15-13-9)7-2-5-14-6-7/h2,5-6H,1,3-4,11H2. The highest BCUT2D eigenvalue weighted by atomic mass is 16.5. The third kappa shape index (κ3) is 1.27. The van der Waals surface area contributed by atoms with Crippen LogP contribution in [0.5, 0.6) is 0 Å². The number of rotatable bonds is 2. The maximum atomic E-state index is 6.08. The summed E-state index contributed by atoms with van der Waals surface area (Å²) in [5.74, 6) is 1.07. The van der Waals surface area contributed by atoms with E-state index in [-0.39, 0.29) is 5.54 Å². The van der Waals surface area contributed by atoms with Crippen molar-refractivity contribution in [1.82, 2.24) is 10.1 Å². The number of hydrogen-bond acceptors (Lipinski definition) is 5. The van der Waals surface area contributed by atoms with Gasteiger partial charge in [0.1, 0.15) is 6.26 Å². The molecule has 2 aromatic rings. The fourth-order valence-electron chi connectivity index (χ4n) is 1.71. The zero-order valence-corrected chi connectivity index (χ0v) is 8.14. The van der Waals surface area contributed by atoms with Gasteiger partial charge in [-0.05, 0) is 25.3 Å². The van der Waals surface area contributed by atoms with Gasteiger partial charge < -0.3 is 14.7 Å². The molecule has 0 radical (unpaired) electrons. The minimum absolute atomic E-state index is 0.370. The molecular formula is C10H11N3O2. The van der Waals surface area contributed by atoms with E-state index in [2.05, 4.69) is 10.1 Å². The summed E-state index contributed by atoms with van der Waals surface area (Å²) >= 11 is 0. The summed E-state index contributed by atoms with van der Waals surface area (Å²) in [6.45, 7) is 0. The Morgan fingerprint density at radius 3 is 2.87 bits per heavy atom. The lowest BCUT2D eigenvalue weighted by Crippen LogP contribution is -2.44. The van der Waals surface area contributed by atoms with E-state index in [1.807, 2.05) is 0 Å². The van der Waals surface area contributed by atoms with E-state index in [1.54, 1.807) is 18.6 Å². The molecule has 0 bridgehead atoms. The highest BCUT2D eigenvalue weighted by Crippen LogP contribution is 2.37. The van der Waals surface area contributed by atoms with Gasteiger partial charge in [0.25, 0.3) is 5.89 Å². The van der Waals surface area contributed by atoms with Crippen molar-refractivity contribution < 1.29 is 8.94 Å². The van der Waals surface area contributed by atoms with Crippen LogP contribution in [0.3, 0.4) is 0 Å². The largest absolute Gasteiger partial charge is 0.472 e. The van der Waals surface area contributed by atoms with Crippen LogP contribution >= 0.6 is 0 Å². The van der Waals surface area contributed by atoms with Crippen LogP contribution in [0.1, 0.15) is 25.1 Å². The predicted molar refractivity (Wildman–Crippen MR) is 51.7 cm³/mol. The van der Waals surface area contributed by atoms with E-state index >= 15 is 0 Å². The Morgan fingerprint density at radius 2 is 2.27 bits per heavy atom. The molecule has 5 heteroatoms. The Hall–Kier alpha value is -1.62. The third-order valence-electron chi connectivity index (χ3n) is 2.89. The van der Waals surface area contributed by atoms with E-state index in [0.717, 1.165) is 24.8 Å². The fourth-order valence-corrected chi connectivity index (χ4v) is 1.71. The Bertz CT molecular complexity index is 457. The van der Waals surface area contributed by atoms with Crippen LogP contribution in [-0.2, 0) is 5.54 Å². The molecule has 2 N–H and O–H groups in total. The van der Waals surface area contributed by atoms with Gasteiger partial charge in [0.15, 0.2) is 5.82 Å². The van der Waals surface area contributed by atoms with E-state index in [4.69, 9.17) is 14.7 Å². The first-order valence-corrected chi connectivity index (χ1v) is 4.94. The highest BCUT2D eigenvalue weighted by Gasteiger charge is 2.39. The summed E-state index contributed by atoms with van der Waals surface area (Å²) in [5.41, 5.74) is 6.50. The number of hydrogen-bond donors (Lipinski definition) is 1. The van der Waals surface area contributed by atoms with E-state index in [0.29, 0.717) is 11.7 Å². The molecule has 0 saturated heterocycles. The molecule has 1 fully saturated rings. The molecule has 0 aromatic carbocycles. The van der Waals surface area contributed by atoms with Gasteiger partial charge in [-0.1, -0.05) is 5.16 Å². The monoisotopic (exact) mass is 205 g/mol. The molecule has 78 valence electrons. The normalized spacial score (nSPS) is 18.7. The number of nitrogens with zero attached hydrogens (tertiary/aromatic N) is 2. The molecule has 0 unspecified atom stereocenters. The average molecular weight is 205 g/mol. The molecule has 0 atom stereocenters. The molecule has 0 spiro atoms. The van der Waals surface area contributed by atoms with Crippen LogP contribution in [0, 0.1) is 0 Å². The molecule has 15 heavy (non-hydrogen) atoms. The summed E-state index contributed by atoms with van der Waals surface area (Å²) in [7, 11) is 0. The zero-order chi connectivity index (χ0) is 10.3. The molecule has 5 nitrogen and oxygen atoms in total. The van der Waals surface area contributed by atoms with Crippen molar-refractivity contribution in [1.29, 1.82) is 0 Å². The van der Waals surface area contributed by atoms with Gasteiger partial charge in [-0.3, -0.25) is 0 Å². The van der Waals surface area contributed by atoms with Crippen molar-refractivity contribution in [3.05, 3.63) is 24.4 Å². The summed E-state index contributed by atoms with van der Waals surface area (Å²) in [6.07, 6.45) is 6.13. The Kier molecular flexibility index (Phi) is 1.70. The quantitative estimate of drug-likeness (QED) is 0.806. The number of aromatic nitrogens is 2. The molecule has 3 rings (SSSR count). The molecule has 2 aromatic heterocycles. The lowest BCUT2D eigenvalue weighted by Gasteiger charge is -2.34. The molecule has 2 heterocycles. The third-order valence-corrected chi connectivity index (χ3v) is 2.89. The Labute approximate surface area is 86.3 Å². The summed E-state index contributed by atoms with van der Waals surface area (Å²) in [6, 6.07) is 1.78. The fraction of sp³-hybridized carbons (Fsp3) is 0.400. The SMILES string of the molecule is NC1(c2noc(-c3ccoc3)n2)CCC1. The van der Waals surface area contributed by atoms with Crippen LogP contribution in [0.15, 0.2) is 27.5 Å². The van der Waals surface area contributed by atoms with Crippen LogP contribution < -0.4 is 5.73 Å². The zero-order valence-electron chi connectivity index (χ0n) is 8.14. The van der Waals surface area contributed by atoms with E-state index < -0.39 is 0 Å². The van der Waals surface area contributed by atoms with E-state index in [9.17, 15) is 0 Å². The second kappa shape index (κ2) is 2.93. The molecule has 1 aliphatic carbocycles. The Morgan fingerprint density at radius 1 is 1.40 bits per heavy atom. The summed E-state index contributed by atoms with van der Waals surface area (Å²) < 4.78 is 10.1. The number of nitrogens with two attached hydrogens (primary N) is 1. The van der Waals surface area contributed by atoms with Crippen LogP contribution in [-0.4, -0.2) is 10.1 Å². The summed E-state index contributed by atoms with van der Waals surface area (Å²) in [4.78, 5) is 4.28. The van der Waals surface area contributed by atoms with Crippen molar-refractivity contribution in [2.24, 2.45) is 5.73 Å². The number of furan rings is 1. The van der Waals surface area contributed by atoms with Crippen LogP contribution in [0.25, 0.3) is 11.5 Å². The van der Waals surface area contributed by atoms with Crippen molar-refractivity contribution in [2.45, 2.75) is 24.8 Å². The van der Waals surface area contributed by atoms with Crippen molar-refractivity contribution >= 4 is 0 Å². The molecule has 0 amide bonds. The van der Waals surface area contributed by atoms with Gasteiger partial charge in [-0.2, -0.15) is 4.98 Å². The lowest BCUT2D eigenvalue weighted by atomic mass is 9.77. The van der Waals surface area contributed by atoms with Gasteiger partial charge in [0.2, 0.25) is 0 Å². The average Bonchev–Trinajstić information content (AvgIpc) is 2.84. The maximum absolute atomic E-state index is 6.08. The first-order chi connectivity index (χ1) is 7.28. The second-order valence-electron chi connectivity index (χ2n) is 3.94. The molecule has 0 aliphatic heterocycles. The highest BCUT2D eigenvalue weighted by molar-refractivity contribution is 5.50. The minimum atomic E-state index is -0.370. The molecule has 1 aliphatic rings. The van der Waals surface area contributed by atoms with Crippen LogP contribution in [0.4, 0.5) is 0 Å².